The standard InChI is InChI=1S/C16H22N2OS/c1-11(2)9-17-16(19)15-8-12(3)18(13(15)4)10-14-6-5-7-20-14/h5-8,11H,9-10H2,1-4H3,(H,17,19). The van der Waals surface area contributed by atoms with E-state index in [0.717, 1.165) is 23.5 Å². The molecule has 0 fully saturated rings. The van der Waals surface area contributed by atoms with Crippen LogP contribution in [0.15, 0.2) is 23.6 Å². The van der Waals surface area contributed by atoms with E-state index in [1.807, 2.05) is 13.0 Å². The fourth-order valence-corrected chi connectivity index (χ4v) is 2.92. The second-order valence-corrected chi connectivity index (χ2v) is 6.59. The van der Waals surface area contributed by atoms with Crippen LogP contribution in [-0.2, 0) is 6.54 Å². The molecule has 0 aromatic carbocycles. The molecule has 0 saturated carbocycles. The molecular formula is C16H22N2OS. The number of aryl methyl sites for hydroxylation is 1. The van der Waals surface area contributed by atoms with E-state index in [2.05, 4.69) is 48.2 Å². The quantitative estimate of drug-likeness (QED) is 0.897. The Morgan fingerprint density at radius 2 is 2.15 bits per heavy atom. The van der Waals surface area contributed by atoms with Gasteiger partial charge in [-0.05, 0) is 37.3 Å². The number of rotatable bonds is 5. The van der Waals surface area contributed by atoms with Gasteiger partial charge in [0.25, 0.3) is 5.91 Å². The lowest BCUT2D eigenvalue weighted by molar-refractivity contribution is 0.0948. The molecule has 4 heteroatoms. The Kier molecular flexibility index (Phi) is 4.65. The fraction of sp³-hybridized carbons (Fsp3) is 0.438. The third-order valence-electron chi connectivity index (χ3n) is 3.38. The normalized spacial score (nSPS) is 11.1. The van der Waals surface area contributed by atoms with Gasteiger partial charge in [0, 0.05) is 22.8 Å². The molecule has 0 spiro atoms. The summed E-state index contributed by atoms with van der Waals surface area (Å²) in [5, 5.41) is 5.07. The number of aromatic nitrogens is 1. The summed E-state index contributed by atoms with van der Waals surface area (Å²) in [4.78, 5) is 13.5. The highest BCUT2D eigenvalue weighted by Gasteiger charge is 2.15. The van der Waals surface area contributed by atoms with Gasteiger partial charge in [-0.2, -0.15) is 0 Å². The fourth-order valence-electron chi connectivity index (χ4n) is 2.22. The molecule has 0 atom stereocenters. The first-order valence-corrected chi connectivity index (χ1v) is 7.84. The Morgan fingerprint density at radius 3 is 2.75 bits per heavy atom. The first-order chi connectivity index (χ1) is 9.49. The molecule has 2 rings (SSSR count). The number of thiophene rings is 1. The molecule has 0 bridgehead atoms. The van der Waals surface area contributed by atoms with E-state index < -0.39 is 0 Å². The SMILES string of the molecule is Cc1cc(C(=O)NCC(C)C)c(C)n1Cc1cccs1. The molecular weight excluding hydrogens is 268 g/mol. The van der Waals surface area contributed by atoms with Crippen LogP contribution in [0, 0.1) is 19.8 Å². The summed E-state index contributed by atoms with van der Waals surface area (Å²) in [7, 11) is 0. The van der Waals surface area contributed by atoms with Crippen LogP contribution in [0.25, 0.3) is 0 Å². The number of nitrogens with one attached hydrogen (secondary N) is 1. The van der Waals surface area contributed by atoms with Crippen LogP contribution < -0.4 is 5.32 Å². The van der Waals surface area contributed by atoms with E-state index >= 15 is 0 Å². The van der Waals surface area contributed by atoms with Gasteiger partial charge in [0.15, 0.2) is 0 Å². The summed E-state index contributed by atoms with van der Waals surface area (Å²) in [6.07, 6.45) is 0. The summed E-state index contributed by atoms with van der Waals surface area (Å²) in [6, 6.07) is 6.17. The minimum Gasteiger partial charge on any atom is -0.352 e. The maximum Gasteiger partial charge on any atom is 0.253 e. The molecule has 0 radical (unpaired) electrons. The van der Waals surface area contributed by atoms with Gasteiger partial charge in [0.2, 0.25) is 0 Å². The lowest BCUT2D eigenvalue weighted by Gasteiger charge is -2.09. The zero-order valence-corrected chi connectivity index (χ0v) is 13.4. The highest BCUT2D eigenvalue weighted by atomic mass is 32.1. The van der Waals surface area contributed by atoms with Crippen molar-refractivity contribution in [3.63, 3.8) is 0 Å². The van der Waals surface area contributed by atoms with E-state index in [1.54, 1.807) is 11.3 Å². The molecule has 0 aliphatic rings. The number of nitrogens with zero attached hydrogens (tertiary/aromatic N) is 1. The van der Waals surface area contributed by atoms with Crippen LogP contribution in [0.5, 0.6) is 0 Å². The molecule has 0 unspecified atom stereocenters. The number of hydrogen-bond donors (Lipinski definition) is 1. The van der Waals surface area contributed by atoms with Crippen LogP contribution in [0.1, 0.15) is 40.5 Å². The first-order valence-electron chi connectivity index (χ1n) is 6.96. The molecule has 0 saturated heterocycles. The molecule has 3 nitrogen and oxygen atoms in total. The average molecular weight is 290 g/mol. The smallest absolute Gasteiger partial charge is 0.253 e. The van der Waals surface area contributed by atoms with Crippen molar-refractivity contribution in [2.45, 2.75) is 34.2 Å². The summed E-state index contributed by atoms with van der Waals surface area (Å²) in [5.74, 6) is 0.498. The van der Waals surface area contributed by atoms with E-state index in [0.29, 0.717) is 12.5 Å². The number of carbonyl (C=O) groups is 1. The molecule has 0 aliphatic carbocycles. The lowest BCUT2D eigenvalue weighted by Crippen LogP contribution is -2.27. The van der Waals surface area contributed by atoms with Crippen molar-refractivity contribution in [3.8, 4) is 0 Å². The predicted molar refractivity (Wildman–Crippen MR) is 84.5 cm³/mol. The van der Waals surface area contributed by atoms with Crippen molar-refractivity contribution in [2.24, 2.45) is 5.92 Å². The van der Waals surface area contributed by atoms with Gasteiger partial charge in [-0.25, -0.2) is 0 Å². The topological polar surface area (TPSA) is 34.0 Å². The maximum atomic E-state index is 12.2. The minimum absolute atomic E-state index is 0.0317. The van der Waals surface area contributed by atoms with Gasteiger partial charge in [-0.1, -0.05) is 19.9 Å². The molecule has 20 heavy (non-hydrogen) atoms. The van der Waals surface area contributed by atoms with Crippen molar-refractivity contribution in [1.82, 2.24) is 9.88 Å². The Hall–Kier alpha value is -1.55. The third-order valence-corrected chi connectivity index (χ3v) is 4.24. The van der Waals surface area contributed by atoms with Crippen molar-refractivity contribution in [3.05, 3.63) is 45.4 Å². The average Bonchev–Trinajstić information content (AvgIpc) is 2.99. The highest BCUT2D eigenvalue weighted by Crippen LogP contribution is 2.19. The second kappa shape index (κ2) is 6.27. The van der Waals surface area contributed by atoms with Crippen molar-refractivity contribution >= 4 is 17.2 Å². The Bertz CT molecular complexity index is 582. The number of amides is 1. The second-order valence-electron chi connectivity index (χ2n) is 5.55. The number of carbonyl (C=O) groups excluding carboxylic acids is 1. The van der Waals surface area contributed by atoms with Gasteiger partial charge >= 0.3 is 0 Å². The van der Waals surface area contributed by atoms with Crippen LogP contribution in [0.3, 0.4) is 0 Å². The highest BCUT2D eigenvalue weighted by molar-refractivity contribution is 7.09. The largest absolute Gasteiger partial charge is 0.352 e. The molecule has 1 amide bonds. The Morgan fingerprint density at radius 1 is 1.40 bits per heavy atom. The molecule has 1 N–H and O–H groups in total. The zero-order valence-electron chi connectivity index (χ0n) is 12.6. The van der Waals surface area contributed by atoms with Crippen molar-refractivity contribution in [2.75, 3.05) is 6.54 Å². The zero-order chi connectivity index (χ0) is 14.7. The summed E-state index contributed by atoms with van der Waals surface area (Å²) < 4.78 is 2.20. The molecule has 2 aromatic heterocycles. The lowest BCUT2D eigenvalue weighted by atomic mass is 10.2. The monoisotopic (exact) mass is 290 g/mol. The van der Waals surface area contributed by atoms with Crippen LogP contribution in [0.2, 0.25) is 0 Å². The maximum absolute atomic E-state index is 12.2. The van der Waals surface area contributed by atoms with Gasteiger partial charge in [0.05, 0.1) is 12.1 Å². The van der Waals surface area contributed by atoms with E-state index in [4.69, 9.17) is 0 Å². The molecule has 0 aliphatic heterocycles. The van der Waals surface area contributed by atoms with Crippen molar-refractivity contribution in [1.29, 1.82) is 0 Å². The van der Waals surface area contributed by atoms with Gasteiger partial charge in [-0.3, -0.25) is 4.79 Å². The Labute approximate surface area is 124 Å². The number of hydrogen-bond acceptors (Lipinski definition) is 2. The van der Waals surface area contributed by atoms with Gasteiger partial charge in [-0.15, -0.1) is 11.3 Å². The van der Waals surface area contributed by atoms with E-state index in [-0.39, 0.29) is 5.91 Å². The minimum atomic E-state index is 0.0317. The van der Waals surface area contributed by atoms with Crippen LogP contribution >= 0.6 is 11.3 Å². The van der Waals surface area contributed by atoms with E-state index in [1.165, 1.54) is 4.88 Å². The van der Waals surface area contributed by atoms with Crippen LogP contribution in [-0.4, -0.2) is 17.0 Å². The van der Waals surface area contributed by atoms with Gasteiger partial charge in [0.1, 0.15) is 0 Å². The Balaban J connectivity index is 2.18. The van der Waals surface area contributed by atoms with E-state index in [9.17, 15) is 4.79 Å². The van der Waals surface area contributed by atoms with Gasteiger partial charge < -0.3 is 9.88 Å². The molecule has 2 aromatic rings. The third kappa shape index (κ3) is 3.31. The molecule has 108 valence electrons. The van der Waals surface area contributed by atoms with Crippen molar-refractivity contribution < 1.29 is 4.79 Å². The van der Waals surface area contributed by atoms with Crippen LogP contribution in [0.4, 0.5) is 0 Å². The summed E-state index contributed by atoms with van der Waals surface area (Å²) in [6.45, 7) is 9.83. The summed E-state index contributed by atoms with van der Waals surface area (Å²) in [5.41, 5.74) is 2.96. The first kappa shape index (κ1) is 14.9. The predicted octanol–water partition coefficient (Wildman–Crippen LogP) is 3.60. The summed E-state index contributed by atoms with van der Waals surface area (Å²) >= 11 is 1.75. The molecule has 2 heterocycles.